The van der Waals surface area contributed by atoms with Gasteiger partial charge in [0.15, 0.2) is 5.75 Å². The smallest absolute Gasteiger partial charge is 0.227 e. The molecule has 5 nitrogen and oxygen atoms in total. The molecule has 0 atom stereocenters. The molecule has 0 spiro atoms. The number of para-hydroxylation sites is 3. The van der Waals surface area contributed by atoms with Crippen LogP contribution in [0.2, 0.25) is 0 Å². The zero-order valence-corrected chi connectivity index (χ0v) is 16.4. The average molecular weight is 374 g/mol. The number of hydrogen-bond acceptors (Lipinski definition) is 5. The molecule has 1 fully saturated rings. The van der Waals surface area contributed by atoms with E-state index in [1.165, 1.54) is 12.8 Å². The molecule has 1 aromatic heterocycles. The summed E-state index contributed by atoms with van der Waals surface area (Å²) in [6, 6.07) is 19.7. The quantitative estimate of drug-likeness (QED) is 0.634. The number of aromatic nitrogens is 2. The first-order chi connectivity index (χ1) is 13.7. The Balaban J connectivity index is 1.56. The van der Waals surface area contributed by atoms with Crippen molar-refractivity contribution in [3.8, 4) is 11.5 Å². The van der Waals surface area contributed by atoms with E-state index in [4.69, 9.17) is 9.72 Å². The molecule has 0 bridgehead atoms. The third kappa shape index (κ3) is 4.42. The first-order valence-corrected chi connectivity index (χ1v) is 9.87. The van der Waals surface area contributed by atoms with Crippen LogP contribution in [0.5, 0.6) is 11.5 Å². The molecule has 28 heavy (non-hydrogen) atoms. The highest BCUT2D eigenvalue weighted by Crippen LogP contribution is 2.31. The third-order valence-electron chi connectivity index (χ3n) is 5.03. The minimum atomic E-state index is 0.762. The maximum Gasteiger partial charge on any atom is 0.227 e. The number of rotatable bonds is 5. The van der Waals surface area contributed by atoms with Crippen molar-refractivity contribution in [3.63, 3.8) is 0 Å². The average Bonchev–Trinajstić information content (AvgIpc) is 2.70. The maximum absolute atomic E-state index is 6.05. The monoisotopic (exact) mass is 374 g/mol. The summed E-state index contributed by atoms with van der Waals surface area (Å²) in [5, 5.41) is 3.42. The second kappa shape index (κ2) is 8.30. The number of piperidine rings is 1. The van der Waals surface area contributed by atoms with Crippen LogP contribution < -0.4 is 15.0 Å². The summed E-state index contributed by atoms with van der Waals surface area (Å²) in [4.78, 5) is 11.7. The van der Waals surface area contributed by atoms with Crippen LogP contribution in [0.1, 0.15) is 25.5 Å². The second-order valence-corrected chi connectivity index (χ2v) is 7.40. The number of ether oxygens (including phenoxy) is 1. The van der Waals surface area contributed by atoms with E-state index in [0.717, 1.165) is 53.7 Å². The van der Waals surface area contributed by atoms with E-state index in [2.05, 4.69) is 22.1 Å². The van der Waals surface area contributed by atoms with Gasteiger partial charge in [0.05, 0.1) is 5.69 Å². The van der Waals surface area contributed by atoms with Crippen molar-refractivity contribution in [1.82, 2.24) is 9.97 Å². The Labute approximate surface area is 166 Å². The molecule has 2 heterocycles. The summed E-state index contributed by atoms with van der Waals surface area (Å²) >= 11 is 0. The predicted molar refractivity (Wildman–Crippen MR) is 114 cm³/mol. The molecule has 1 aliphatic rings. The van der Waals surface area contributed by atoms with E-state index in [1.807, 2.05) is 67.6 Å². The number of nitrogens with zero attached hydrogens (tertiary/aromatic N) is 3. The van der Waals surface area contributed by atoms with E-state index < -0.39 is 0 Å². The molecule has 0 unspecified atom stereocenters. The van der Waals surface area contributed by atoms with Gasteiger partial charge in [-0.2, -0.15) is 4.98 Å². The zero-order chi connectivity index (χ0) is 19.3. The van der Waals surface area contributed by atoms with Crippen LogP contribution in [-0.2, 0) is 0 Å². The molecule has 0 saturated carbocycles. The van der Waals surface area contributed by atoms with Crippen molar-refractivity contribution in [2.75, 3.05) is 23.3 Å². The molecule has 1 N–H and O–H groups in total. The van der Waals surface area contributed by atoms with Crippen LogP contribution in [0.3, 0.4) is 0 Å². The van der Waals surface area contributed by atoms with Crippen LogP contribution >= 0.6 is 0 Å². The van der Waals surface area contributed by atoms with Crippen molar-refractivity contribution in [1.29, 1.82) is 0 Å². The van der Waals surface area contributed by atoms with Gasteiger partial charge in [0, 0.05) is 24.8 Å². The largest absolute Gasteiger partial charge is 0.455 e. The van der Waals surface area contributed by atoms with Crippen molar-refractivity contribution in [3.05, 3.63) is 66.4 Å². The highest BCUT2D eigenvalue weighted by molar-refractivity contribution is 5.65. The van der Waals surface area contributed by atoms with Gasteiger partial charge in [-0.3, -0.25) is 0 Å². The summed E-state index contributed by atoms with van der Waals surface area (Å²) in [5.41, 5.74) is 1.83. The molecule has 5 heteroatoms. The fraction of sp³-hybridized carbons (Fsp3) is 0.304. The standard InChI is InChI=1S/C23H26N4O/c1-17-12-14-27(15-13-17)23-24-18(2)16-22(26-23)25-20-10-6-7-11-21(20)28-19-8-4-3-5-9-19/h3-11,16-17H,12-15H2,1-2H3,(H,24,25,26). The molecular weight excluding hydrogens is 348 g/mol. The van der Waals surface area contributed by atoms with Crippen LogP contribution in [0, 0.1) is 12.8 Å². The molecule has 0 aliphatic carbocycles. The van der Waals surface area contributed by atoms with Gasteiger partial charge >= 0.3 is 0 Å². The van der Waals surface area contributed by atoms with Crippen molar-refractivity contribution in [2.24, 2.45) is 5.92 Å². The minimum Gasteiger partial charge on any atom is -0.455 e. The van der Waals surface area contributed by atoms with Gasteiger partial charge in [-0.05, 0) is 49.9 Å². The fourth-order valence-corrected chi connectivity index (χ4v) is 3.38. The summed E-state index contributed by atoms with van der Waals surface area (Å²) in [5.74, 6) is 3.93. The lowest BCUT2D eigenvalue weighted by Crippen LogP contribution is -2.34. The Morgan fingerprint density at radius 1 is 0.964 bits per heavy atom. The van der Waals surface area contributed by atoms with Crippen molar-refractivity contribution in [2.45, 2.75) is 26.7 Å². The van der Waals surface area contributed by atoms with Crippen LogP contribution in [0.15, 0.2) is 60.7 Å². The molecule has 1 saturated heterocycles. The first-order valence-electron chi connectivity index (χ1n) is 9.87. The van der Waals surface area contributed by atoms with Gasteiger partial charge in [0.25, 0.3) is 0 Å². The lowest BCUT2D eigenvalue weighted by molar-refractivity contribution is 0.434. The molecular formula is C23H26N4O. The summed E-state index contributed by atoms with van der Waals surface area (Å²) in [6.07, 6.45) is 2.38. The van der Waals surface area contributed by atoms with Gasteiger partial charge < -0.3 is 15.0 Å². The lowest BCUT2D eigenvalue weighted by atomic mass is 10.00. The topological polar surface area (TPSA) is 50.3 Å². The fourth-order valence-electron chi connectivity index (χ4n) is 3.38. The second-order valence-electron chi connectivity index (χ2n) is 7.40. The Kier molecular flexibility index (Phi) is 5.42. The van der Waals surface area contributed by atoms with E-state index in [-0.39, 0.29) is 0 Å². The molecule has 1 aliphatic heterocycles. The third-order valence-corrected chi connectivity index (χ3v) is 5.03. The lowest BCUT2D eigenvalue weighted by Gasteiger charge is -2.30. The van der Waals surface area contributed by atoms with E-state index >= 15 is 0 Å². The molecule has 0 radical (unpaired) electrons. The van der Waals surface area contributed by atoms with Crippen LogP contribution in [0.4, 0.5) is 17.5 Å². The maximum atomic E-state index is 6.05. The van der Waals surface area contributed by atoms with Gasteiger partial charge in [-0.15, -0.1) is 0 Å². The molecule has 2 aromatic carbocycles. The molecule has 144 valence electrons. The Hall–Kier alpha value is -3.08. The van der Waals surface area contributed by atoms with Crippen LogP contribution in [0.25, 0.3) is 0 Å². The summed E-state index contributed by atoms with van der Waals surface area (Å²) in [6.45, 7) is 6.34. The number of hydrogen-bond donors (Lipinski definition) is 1. The predicted octanol–water partition coefficient (Wildman–Crippen LogP) is 5.56. The first kappa shape index (κ1) is 18.3. The molecule has 3 aromatic rings. The van der Waals surface area contributed by atoms with Gasteiger partial charge in [0.1, 0.15) is 11.6 Å². The normalized spacial score (nSPS) is 14.7. The van der Waals surface area contributed by atoms with E-state index in [0.29, 0.717) is 0 Å². The number of anilines is 3. The highest BCUT2D eigenvalue weighted by Gasteiger charge is 2.19. The Bertz CT molecular complexity index is 921. The Morgan fingerprint density at radius 2 is 1.68 bits per heavy atom. The van der Waals surface area contributed by atoms with Gasteiger partial charge in [-0.1, -0.05) is 37.3 Å². The minimum absolute atomic E-state index is 0.762. The van der Waals surface area contributed by atoms with Gasteiger partial charge in [-0.25, -0.2) is 4.98 Å². The number of aryl methyl sites for hydroxylation is 1. The molecule has 4 rings (SSSR count). The van der Waals surface area contributed by atoms with Gasteiger partial charge in [0.2, 0.25) is 5.95 Å². The van der Waals surface area contributed by atoms with Crippen molar-refractivity contribution < 1.29 is 4.74 Å². The Morgan fingerprint density at radius 3 is 2.46 bits per heavy atom. The number of benzene rings is 2. The van der Waals surface area contributed by atoms with Crippen LogP contribution in [-0.4, -0.2) is 23.1 Å². The summed E-state index contributed by atoms with van der Waals surface area (Å²) in [7, 11) is 0. The van der Waals surface area contributed by atoms with E-state index in [9.17, 15) is 0 Å². The van der Waals surface area contributed by atoms with E-state index in [1.54, 1.807) is 0 Å². The zero-order valence-electron chi connectivity index (χ0n) is 16.4. The highest BCUT2D eigenvalue weighted by atomic mass is 16.5. The SMILES string of the molecule is Cc1cc(Nc2ccccc2Oc2ccccc2)nc(N2CCC(C)CC2)n1. The number of nitrogens with one attached hydrogen (secondary N) is 1. The summed E-state index contributed by atoms with van der Waals surface area (Å²) < 4.78 is 6.05. The molecule has 0 amide bonds. The van der Waals surface area contributed by atoms with Crippen molar-refractivity contribution >= 4 is 17.5 Å².